The van der Waals surface area contributed by atoms with E-state index in [0.29, 0.717) is 22.7 Å². The first kappa shape index (κ1) is 20.8. The van der Waals surface area contributed by atoms with Crippen LogP contribution in [-0.4, -0.2) is 39.0 Å². The van der Waals surface area contributed by atoms with Gasteiger partial charge in [0.2, 0.25) is 11.6 Å². The number of fused-ring (bicyclic) bond motifs is 2. The quantitative estimate of drug-likeness (QED) is 0.454. The van der Waals surface area contributed by atoms with Gasteiger partial charge >= 0.3 is 7.82 Å². The van der Waals surface area contributed by atoms with Crippen molar-refractivity contribution in [3.8, 4) is 18.1 Å². The molecule has 12 heteroatoms. The predicted octanol–water partition coefficient (Wildman–Crippen LogP) is 3.36. The summed E-state index contributed by atoms with van der Waals surface area (Å²) in [5.74, 6) is 1.05. The zero-order valence-corrected chi connectivity index (χ0v) is 17.9. The topological polar surface area (TPSA) is 110 Å². The number of ether oxygens (including phenoxy) is 1. The van der Waals surface area contributed by atoms with E-state index >= 15 is 4.39 Å². The van der Waals surface area contributed by atoms with E-state index in [2.05, 4.69) is 26.2 Å². The first-order chi connectivity index (χ1) is 15.4. The molecule has 0 saturated carbocycles. The van der Waals surface area contributed by atoms with Gasteiger partial charge in [0, 0.05) is 25.5 Å². The van der Waals surface area contributed by atoms with Gasteiger partial charge in [-0.2, -0.15) is 0 Å². The maximum Gasteiger partial charge on any atom is 0.530 e. The second-order valence-electron chi connectivity index (χ2n) is 7.37. The van der Waals surface area contributed by atoms with Crippen molar-refractivity contribution in [2.24, 2.45) is 0 Å². The Bertz CT molecular complexity index is 1280. The number of nitrogens with one attached hydrogen (secondary N) is 1. The van der Waals surface area contributed by atoms with Gasteiger partial charge in [-0.3, -0.25) is 13.6 Å². The third-order valence-electron chi connectivity index (χ3n) is 5.37. The van der Waals surface area contributed by atoms with Crippen molar-refractivity contribution in [2.45, 2.75) is 31.0 Å². The normalized spacial score (nSPS) is 29.3. The number of rotatable bonds is 5. The number of nitrogens with zero attached hydrogens (tertiary/aromatic N) is 4. The summed E-state index contributed by atoms with van der Waals surface area (Å²) in [5.41, 5.74) is 0.0707. The second kappa shape index (κ2) is 7.53. The first-order valence-electron chi connectivity index (χ1n) is 9.79. The largest absolute Gasteiger partial charge is 0.530 e. The predicted molar refractivity (Wildman–Crippen MR) is 111 cm³/mol. The van der Waals surface area contributed by atoms with Crippen molar-refractivity contribution in [2.75, 3.05) is 19.0 Å². The number of anilines is 1. The smallest absolute Gasteiger partial charge is 0.404 e. The van der Waals surface area contributed by atoms with Crippen molar-refractivity contribution in [3.63, 3.8) is 0 Å². The summed E-state index contributed by atoms with van der Waals surface area (Å²) in [4.78, 5) is 12.6. The molecule has 166 valence electrons. The van der Waals surface area contributed by atoms with Crippen molar-refractivity contribution in [3.05, 3.63) is 42.5 Å². The minimum Gasteiger partial charge on any atom is -0.404 e. The van der Waals surface area contributed by atoms with Crippen molar-refractivity contribution >= 4 is 24.8 Å². The Kier molecular flexibility index (Phi) is 4.91. The number of phosphoric acid groups is 1. The van der Waals surface area contributed by atoms with Crippen LogP contribution in [0.1, 0.15) is 18.4 Å². The molecule has 3 aromatic rings. The molecule has 1 fully saturated rings. The molecule has 0 spiro atoms. The summed E-state index contributed by atoms with van der Waals surface area (Å²) in [5, 5.41) is 2.92. The number of phosphoric ester groups is 1. The Morgan fingerprint density at radius 3 is 3.00 bits per heavy atom. The maximum atomic E-state index is 15.6. The lowest BCUT2D eigenvalue weighted by Gasteiger charge is -2.29. The van der Waals surface area contributed by atoms with Crippen LogP contribution < -0.4 is 9.84 Å². The molecule has 1 unspecified atom stereocenters. The molecule has 2 aromatic heterocycles. The molecule has 1 saturated heterocycles. The van der Waals surface area contributed by atoms with Crippen molar-refractivity contribution in [1.29, 1.82) is 0 Å². The fourth-order valence-electron chi connectivity index (χ4n) is 3.73. The molecule has 0 amide bonds. The molecule has 1 aromatic carbocycles. The van der Waals surface area contributed by atoms with Crippen LogP contribution in [0.15, 0.2) is 36.9 Å². The van der Waals surface area contributed by atoms with E-state index in [4.69, 9.17) is 24.7 Å². The number of hydrogen-bond donors (Lipinski definition) is 1. The minimum atomic E-state index is -4.02. The third-order valence-corrected chi connectivity index (χ3v) is 6.68. The van der Waals surface area contributed by atoms with E-state index in [1.165, 1.54) is 17.2 Å². The van der Waals surface area contributed by atoms with Gasteiger partial charge in [-0.15, -0.1) is 6.42 Å². The third kappa shape index (κ3) is 3.42. The average Bonchev–Trinajstić information content (AvgIpc) is 3.40. The molecule has 32 heavy (non-hydrogen) atoms. The van der Waals surface area contributed by atoms with Gasteiger partial charge in [-0.1, -0.05) is 18.2 Å². The summed E-state index contributed by atoms with van der Waals surface area (Å²) < 4.78 is 51.5. The second-order valence-corrected chi connectivity index (χ2v) is 8.96. The van der Waals surface area contributed by atoms with Gasteiger partial charge in [0.25, 0.3) is 0 Å². The molecule has 2 aliphatic heterocycles. The number of para-hydroxylation sites is 1. The number of benzene rings is 1. The minimum absolute atomic E-state index is 0.0242. The zero-order chi connectivity index (χ0) is 22.4. The highest BCUT2D eigenvalue weighted by Gasteiger charge is 2.53. The van der Waals surface area contributed by atoms with Crippen molar-refractivity contribution < 1.29 is 27.3 Å². The van der Waals surface area contributed by atoms with E-state index < -0.39 is 26.0 Å². The van der Waals surface area contributed by atoms with Gasteiger partial charge in [0.15, 0.2) is 17.0 Å². The van der Waals surface area contributed by atoms with Crippen LogP contribution >= 0.6 is 7.82 Å². The molecule has 1 N–H and O–H groups in total. The summed E-state index contributed by atoms with van der Waals surface area (Å²) in [6.07, 6.45) is 8.54. The zero-order valence-electron chi connectivity index (χ0n) is 17.0. The molecular weight excluding hydrogens is 440 g/mol. The number of terminal acetylenes is 1. The van der Waals surface area contributed by atoms with Crippen LogP contribution in [0.4, 0.5) is 10.2 Å². The fraction of sp³-hybridized carbons (Fsp3) is 0.350. The number of hydrogen-bond acceptors (Lipinski definition) is 9. The molecule has 0 radical (unpaired) electrons. The Balaban J connectivity index is 1.36. The molecular formula is C20H19FN5O5P. The highest BCUT2D eigenvalue weighted by Crippen LogP contribution is 2.56. The number of imidazole rings is 1. The Morgan fingerprint density at radius 2 is 2.19 bits per heavy atom. The number of alkyl halides is 1. The van der Waals surface area contributed by atoms with E-state index in [1.54, 1.807) is 31.3 Å². The van der Waals surface area contributed by atoms with Gasteiger partial charge in [-0.05, 0) is 12.0 Å². The lowest BCUT2D eigenvalue weighted by Crippen LogP contribution is -2.37. The van der Waals surface area contributed by atoms with E-state index in [1.807, 2.05) is 0 Å². The first-order valence-corrected chi connectivity index (χ1v) is 11.3. The Labute approximate surface area is 182 Å². The van der Waals surface area contributed by atoms with E-state index in [9.17, 15) is 4.57 Å². The van der Waals surface area contributed by atoms with E-state index in [-0.39, 0.29) is 19.4 Å². The summed E-state index contributed by atoms with van der Waals surface area (Å²) in [6, 6.07) is 6.94. The highest BCUT2D eigenvalue weighted by molar-refractivity contribution is 7.49. The van der Waals surface area contributed by atoms with Gasteiger partial charge in [-0.25, -0.2) is 23.9 Å². The summed E-state index contributed by atoms with van der Waals surface area (Å²) in [6.45, 7) is -0.671. The standard InChI is InChI=1S/C20H19FN5O5P/c1-3-20(26-13-25-16-17(22-2)23-12-24-18(16)26)9-8-19(21,31-20)11-29-32(27)28-10-14-6-4-5-7-15(14)30-32/h1,4-7,12-13H,8-11H2,2H3,(H,22,23,24)/t19-,20+,32?/m0/s1. The molecule has 2 aliphatic rings. The molecule has 4 heterocycles. The van der Waals surface area contributed by atoms with Crippen molar-refractivity contribution in [1.82, 2.24) is 19.5 Å². The highest BCUT2D eigenvalue weighted by atomic mass is 31.2. The average molecular weight is 459 g/mol. The number of halogens is 1. The number of aromatic nitrogens is 4. The maximum absolute atomic E-state index is 15.6. The summed E-state index contributed by atoms with van der Waals surface area (Å²) >= 11 is 0. The molecule has 10 nitrogen and oxygen atoms in total. The van der Waals surface area contributed by atoms with Gasteiger partial charge in [0.05, 0.1) is 6.61 Å². The van der Waals surface area contributed by atoms with Crippen LogP contribution in [0.25, 0.3) is 11.2 Å². The molecule has 5 rings (SSSR count). The molecule has 3 atom stereocenters. The van der Waals surface area contributed by atoms with Gasteiger partial charge in [0.1, 0.15) is 25.0 Å². The van der Waals surface area contributed by atoms with Crippen LogP contribution in [0, 0.1) is 12.3 Å². The Hall–Kier alpha value is -3.03. The van der Waals surface area contributed by atoms with Gasteiger partial charge < -0.3 is 14.6 Å². The van der Waals surface area contributed by atoms with Crippen LogP contribution in [0.2, 0.25) is 0 Å². The lowest BCUT2D eigenvalue weighted by atomic mass is 10.1. The SMILES string of the molecule is C#C[C@]1(n2cnc3c(NC)ncnc32)CC[C@@](F)(COP2(=O)OCc3ccccc3O2)O1. The summed E-state index contributed by atoms with van der Waals surface area (Å²) in [7, 11) is -2.32. The molecule has 0 bridgehead atoms. The fourth-order valence-corrected chi connectivity index (χ4v) is 4.98. The monoisotopic (exact) mass is 459 g/mol. The van der Waals surface area contributed by atoms with Crippen LogP contribution in [-0.2, 0) is 30.7 Å². The Morgan fingerprint density at radius 1 is 1.34 bits per heavy atom. The van der Waals surface area contributed by atoms with E-state index in [0.717, 1.165) is 5.56 Å². The molecule has 0 aliphatic carbocycles. The van der Waals surface area contributed by atoms with Crippen LogP contribution in [0.3, 0.4) is 0 Å². The van der Waals surface area contributed by atoms with Crippen LogP contribution in [0.5, 0.6) is 5.75 Å². The lowest BCUT2D eigenvalue weighted by molar-refractivity contribution is -0.199.